The monoisotopic (exact) mass is 268 g/mol. The SMILES string of the molecule is CCCOC1CCCN(CC2(CNC)CCCC2)C1. The lowest BCUT2D eigenvalue weighted by atomic mass is 9.85. The van der Waals surface area contributed by atoms with E-state index in [-0.39, 0.29) is 0 Å². The van der Waals surface area contributed by atoms with Crippen LogP contribution in [0.2, 0.25) is 0 Å². The van der Waals surface area contributed by atoms with E-state index in [9.17, 15) is 0 Å². The average molecular weight is 268 g/mol. The predicted molar refractivity (Wildman–Crippen MR) is 80.5 cm³/mol. The quantitative estimate of drug-likeness (QED) is 0.768. The summed E-state index contributed by atoms with van der Waals surface area (Å²) in [4.78, 5) is 2.67. The van der Waals surface area contributed by atoms with Crippen LogP contribution in [0.1, 0.15) is 51.9 Å². The second-order valence-electron chi connectivity index (χ2n) is 6.61. The normalized spacial score (nSPS) is 27.8. The summed E-state index contributed by atoms with van der Waals surface area (Å²) in [5.74, 6) is 0. The second kappa shape index (κ2) is 7.61. The van der Waals surface area contributed by atoms with Crippen molar-refractivity contribution in [3.8, 4) is 0 Å². The molecule has 1 saturated heterocycles. The molecule has 1 N–H and O–H groups in total. The Morgan fingerprint density at radius 1 is 1.26 bits per heavy atom. The van der Waals surface area contributed by atoms with E-state index >= 15 is 0 Å². The van der Waals surface area contributed by atoms with Gasteiger partial charge in [-0.1, -0.05) is 19.8 Å². The lowest BCUT2D eigenvalue weighted by molar-refractivity contribution is -0.0113. The Kier molecular flexibility index (Phi) is 6.11. The van der Waals surface area contributed by atoms with Gasteiger partial charge in [-0.15, -0.1) is 0 Å². The number of nitrogens with zero attached hydrogens (tertiary/aromatic N) is 1. The van der Waals surface area contributed by atoms with Crippen LogP contribution in [0.15, 0.2) is 0 Å². The molecule has 0 amide bonds. The first kappa shape index (κ1) is 15.3. The van der Waals surface area contributed by atoms with Crippen molar-refractivity contribution in [2.24, 2.45) is 5.41 Å². The molecule has 0 bridgehead atoms. The number of rotatable bonds is 7. The van der Waals surface area contributed by atoms with Gasteiger partial charge in [-0.2, -0.15) is 0 Å². The fourth-order valence-corrected chi connectivity index (χ4v) is 3.94. The molecule has 1 unspecified atom stereocenters. The molecule has 0 radical (unpaired) electrons. The number of nitrogens with one attached hydrogen (secondary N) is 1. The van der Waals surface area contributed by atoms with Crippen LogP contribution in [0, 0.1) is 5.41 Å². The van der Waals surface area contributed by atoms with E-state index in [0.717, 1.165) is 19.6 Å². The van der Waals surface area contributed by atoms with Crippen LogP contribution in [0.3, 0.4) is 0 Å². The van der Waals surface area contributed by atoms with E-state index in [1.807, 2.05) is 0 Å². The van der Waals surface area contributed by atoms with Crippen LogP contribution < -0.4 is 5.32 Å². The van der Waals surface area contributed by atoms with Gasteiger partial charge < -0.3 is 15.0 Å². The number of hydrogen-bond donors (Lipinski definition) is 1. The molecule has 1 heterocycles. The van der Waals surface area contributed by atoms with Crippen molar-refractivity contribution in [2.45, 2.75) is 58.0 Å². The van der Waals surface area contributed by atoms with Crippen molar-refractivity contribution >= 4 is 0 Å². The van der Waals surface area contributed by atoms with Crippen molar-refractivity contribution in [3.05, 3.63) is 0 Å². The van der Waals surface area contributed by atoms with E-state index in [2.05, 4.69) is 24.2 Å². The van der Waals surface area contributed by atoms with Gasteiger partial charge >= 0.3 is 0 Å². The van der Waals surface area contributed by atoms with E-state index in [0.29, 0.717) is 11.5 Å². The number of ether oxygens (including phenoxy) is 1. The van der Waals surface area contributed by atoms with Crippen LogP contribution in [-0.2, 0) is 4.74 Å². The summed E-state index contributed by atoms with van der Waals surface area (Å²) in [6.45, 7) is 8.02. The Morgan fingerprint density at radius 2 is 2.05 bits per heavy atom. The molecule has 3 heteroatoms. The highest BCUT2D eigenvalue weighted by Gasteiger charge is 2.36. The molecular weight excluding hydrogens is 236 g/mol. The Balaban J connectivity index is 1.83. The minimum atomic E-state index is 0.488. The Labute approximate surface area is 119 Å². The largest absolute Gasteiger partial charge is 0.377 e. The fourth-order valence-electron chi connectivity index (χ4n) is 3.94. The summed E-state index contributed by atoms with van der Waals surface area (Å²) in [6, 6.07) is 0. The third kappa shape index (κ3) is 4.44. The van der Waals surface area contributed by atoms with Crippen LogP contribution in [0.25, 0.3) is 0 Å². The maximum Gasteiger partial charge on any atom is 0.0702 e. The number of piperidine rings is 1. The van der Waals surface area contributed by atoms with Crippen molar-refractivity contribution in [3.63, 3.8) is 0 Å². The zero-order chi connectivity index (χ0) is 13.6. The van der Waals surface area contributed by atoms with E-state index in [4.69, 9.17) is 4.74 Å². The lowest BCUT2D eigenvalue weighted by Crippen LogP contribution is -2.47. The minimum Gasteiger partial charge on any atom is -0.377 e. The first-order valence-corrected chi connectivity index (χ1v) is 8.26. The van der Waals surface area contributed by atoms with Gasteiger partial charge in [0.15, 0.2) is 0 Å². The molecule has 0 aromatic carbocycles. The molecule has 3 nitrogen and oxygen atoms in total. The van der Waals surface area contributed by atoms with Gasteiger partial charge in [0.25, 0.3) is 0 Å². The zero-order valence-electron chi connectivity index (χ0n) is 12.9. The van der Waals surface area contributed by atoms with E-state index < -0.39 is 0 Å². The Hall–Kier alpha value is -0.120. The van der Waals surface area contributed by atoms with Gasteiger partial charge in [0, 0.05) is 26.2 Å². The highest BCUT2D eigenvalue weighted by Crippen LogP contribution is 2.38. The fraction of sp³-hybridized carbons (Fsp3) is 1.00. The molecule has 1 aliphatic carbocycles. The molecule has 19 heavy (non-hydrogen) atoms. The summed E-state index contributed by atoms with van der Waals surface area (Å²) in [7, 11) is 2.10. The highest BCUT2D eigenvalue weighted by atomic mass is 16.5. The van der Waals surface area contributed by atoms with Gasteiger partial charge in [0.1, 0.15) is 0 Å². The summed E-state index contributed by atoms with van der Waals surface area (Å²) in [5.41, 5.74) is 0.543. The highest BCUT2D eigenvalue weighted by molar-refractivity contribution is 4.90. The summed E-state index contributed by atoms with van der Waals surface area (Å²) in [6.07, 6.45) is 9.85. The maximum atomic E-state index is 5.96. The standard InChI is InChI=1S/C16H32N2O/c1-3-11-19-15-7-6-10-18(12-15)14-16(13-17-2)8-4-5-9-16/h15,17H,3-14H2,1-2H3. The van der Waals surface area contributed by atoms with Crippen molar-refractivity contribution < 1.29 is 4.74 Å². The van der Waals surface area contributed by atoms with Gasteiger partial charge in [-0.05, 0) is 51.1 Å². The molecule has 112 valence electrons. The Bertz CT molecular complexity index is 251. The first-order chi connectivity index (χ1) is 9.28. The third-order valence-corrected chi connectivity index (χ3v) is 4.79. The van der Waals surface area contributed by atoms with Gasteiger partial charge in [-0.3, -0.25) is 0 Å². The van der Waals surface area contributed by atoms with Crippen LogP contribution in [-0.4, -0.2) is 50.8 Å². The van der Waals surface area contributed by atoms with Crippen molar-refractivity contribution in [2.75, 3.05) is 39.8 Å². The molecule has 0 spiro atoms. The van der Waals surface area contributed by atoms with Crippen LogP contribution in [0.5, 0.6) is 0 Å². The molecule has 1 aliphatic heterocycles. The summed E-state index contributed by atoms with van der Waals surface area (Å²) < 4.78 is 5.96. The third-order valence-electron chi connectivity index (χ3n) is 4.79. The molecule has 1 saturated carbocycles. The minimum absolute atomic E-state index is 0.488. The first-order valence-electron chi connectivity index (χ1n) is 8.26. The van der Waals surface area contributed by atoms with Gasteiger partial charge in [0.2, 0.25) is 0 Å². The van der Waals surface area contributed by atoms with Crippen molar-refractivity contribution in [1.29, 1.82) is 0 Å². The maximum absolute atomic E-state index is 5.96. The summed E-state index contributed by atoms with van der Waals surface area (Å²) in [5, 5.41) is 3.43. The molecule has 0 aromatic heterocycles. The smallest absolute Gasteiger partial charge is 0.0702 e. The second-order valence-corrected chi connectivity index (χ2v) is 6.61. The molecule has 2 rings (SSSR count). The molecule has 2 fully saturated rings. The van der Waals surface area contributed by atoms with Gasteiger partial charge in [-0.25, -0.2) is 0 Å². The molecule has 0 aromatic rings. The molecule has 1 atom stereocenters. The molecular formula is C16H32N2O. The average Bonchev–Trinajstić information content (AvgIpc) is 2.85. The van der Waals surface area contributed by atoms with E-state index in [1.54, 1.807) is 0 Å². The molecule has 2 aliphatic rings. The predicted octanol–water partition coefficient (Wildman–Crippen LogP) is 2.66. The van der Waals surface area contributed by atoms with Crippen molar-refractivity contribution in [1.82, 2.24) is 10.2 Å². The van der Waals surface area contributed by atoms with Crippen LogP contribution >= 0.6 is 0 Å². The number of likely N-dealkylation sites (tertiary alicyclic amines) is 1. The van der Waals surface area contributed by atoms with Gasteiger partial charge in [0.05, 0.1) is 6.10 Å². The zero-order valence-corrected chi connectivity index (χ0v) is 12.9. The lowest BCUT2D eigenvalue weighted by Gasteiger charge is -2.39. The van der Waals surface area contributed by atoms with E-state index in [1.165, 1.54) is 58.2 Å². The topological polar surface area (TPSA) is 24.5 Å². The number of hydrogen-bond acceptors (Lipinski definition) is 3. The van der Waals surface area contributed by atoms with Crippen LogP contribution in [0.4, 0.5) is 0 Å². The summed E-state index contributed by atoms with van der Waals surface area (Å²) >= 11 is 0. The Morgan fingerprint density at radius 3 is 2.74 bits per heavy atom.